The molecule has 1 unspecified atom stereocenters. The van der Waals surface area contributed by atoms with Gasteiger partial charge in [0.1, 0.15) is 5.52 Å². The van der Waals surface area contributed by atoms with Gasteiger partial charge in [-0.1, -0.05) is 18.2 Å². The number of carbonyl (C=O) groups is 1. The van der Waals surface area contributed by atoms with Crippen molar-refractivity contribution in [2.45, 2.75) is 18.9 Å². The fraction of sp³-hybridized carbons (Fsp3) is 0.304. The average Bonchev–Trinajstić information content (AvgIpc) is 3.42. The first kappa shape index (κ1) is 19.8. The summed E-state index contributed by atoms with van der Waals surface area (Å²) in [7, 11) is 3.18. The Bertz CT molecular complexity index is 1030. The second kappa shape index (κ2) is 8.90. The minimum atomic E-state index is -0.144. The molecule has 2 aromatic carbocycles. The van der Waals surface area contributed by atoms with Crippen LogP contribution in [0.25, 0.3) is 17.2 Å². The number of fused-ring (bicyclic) bond motifs is 1. The van der Waals surface area contributed by atoms with Crippen LogP contribution in [0, 0.1) is 0 Å². The Hall–Kier alpha value is -3.48. The van der Waals surface area contributed by atoms with E-state index in [1.54, 1.807) is 20.3 Å². The fourth-order valence-electron chi connectivity index (χ4n) is 3.69. The monoisotopic (exact) mass is 407 g/mol. The molecule has 1 aliphatic heterocycles. The van der Waals surface area contributed by atoms with E-state index < -0.39 is 0 Å². The number of hydrogen-bond donors (Lipinski definition) is 1. The number of oxazole rings is 1. The molecule has 0 aliphatic carbocycles. The van der Waals surface area contributed by atoms with Crippen molar-refractivity contribution >= 4 is 29.1 Å². The normalized spacial score (nSPS) is 16.3. The first-order valence-electron chi connectivity index (χ1n) is 9.98. The molecule has 1 fully saturated rings. The molecule has 1 N–H and O–H groups in total. The molecule has 0 bridgehead atoms. The number of methoxy groups -OCH3 is 2. The van der Waals surface area contributed by atoms with Crippen LogP contribution in [0.2, 0.25) is 0 Å². The Morgan fingerprint density at radius 1 is 1.23 bits per heavy atom. The van der Waals surface area contributed by atoms with Crippen LogP contribution in [0.5, 0.6) is 11.5 Å². The molecule has 1 saturated heterocycles. The van der Waals surface area contributed by atoms with Crippen LogP contribution in [0.1, 0.15) is 18.4 Å². The molecule has 30 heavy (non-hydrogen) atoms. The number of rotatable bonds is 7. The number of ether oxygens (including phenoxy) is 2. The van der Waals surface area contributed by atoms with Gasteiger partial charge >= 0.3 is 0 Å². The molecule has 1 aromatic heterocycles. The van der Waals surface area contributed by atoms with Crippen molar-refractivity contribution in [1.82, 2.24) is 10.3 Å². The maximum absolute atomic E-state index is 12.3. The van der Waals surface area contributed by atoms with Crippen LogP contribution in [-0.2, 0) is 4.79 Å². The molecule has 1 amide bonds. The summed E-state index contributed by atoms with van der Waals surface area (Å²) in [4.78, 5) is 19.0. The third kappa shape index (κ3) is 4.25. The van der Waals surface area contributed by atoms with Crippen LogP contribution >= 0.6 is 0 Å². The van der Waals surface area contributed by atoms with Crippen molar-refractivity contribution < 1.29 is 18.7 Å². The first-order valence-corrected chi connectivity index (χ1v) is 9.98. The molecule has 1 aliphatic rings. The van der Waals surface area contributed by atoms with Gasteiger partial charge in [-0.25, -0.2) is 0 Å². The maximum Gasteiger partial charge on any atom is 0.298 e. The van der Waals surface area contributed by atoms with Crippen molar-refractivity contribution in [3.05, 3.63) is 54.1 Å². The molecule has 7 nitrogen and oxygen atoms in total. The maximum atomic E-state index is 12.3. The smallest absolute Gasteiger partial charge is 0.298 e. The van der Waals surface area contributed by atoms with Gasteiger partial charge in [-0.2, -0.15) is 4.98 Å². The number of hydrogen-bond acceptors (Lipinski definition) is 6. The largest absolute Gasteiger partial charge is 0.493 e. The number of carbonyl (C=O) groups excluding carboxylic acids is 1. The summed E-state index contributed by atoms with van der Waals surface area (Å²) in [6, 6.07) is 14.0. The van der Waals surface area contributed by atoms with Gasteiger partial charge in [-0.3, -0.25) is 4.79 Å². The van der Waals surface area contributed by atoms with Crippen LogP contribution < -0.4 is 19.7 Å². The van der Waals surface area contributed by atoms with Gasteiger partial charge < -0.3 is 24.1 Å². The zero-order valence-electron chi connectivity index (χ0n) is 17.1. The van der Waals surface area contributed by atoms with Crippen LogP contribution in [0.15, 0.2) is 53.0 Å². The molecule has 0 radical (unpaired) electrons. The molecule has 4 rings (SSSR count). The van der Waals surface area contributed by atoms with Gasteiger partial charge in [0.2, 0.25) is 5.91 Å². The lowest BCUT2D eigenvalue weighted by atomic mass is 10.2. The van der Waals surface area contributed by atoms with E-state index in [0.717, 1.165) is 36.0 Å². The zero-order valence-corrected chi connectivity index (χ0v) is 17.1. The predicted octanol–water partition coefficient (Wildman–Crippen LogP) is 3.64. The molecule has 7 heteroatoms. The van der Waals surface area contributed by atoms with E-state index in [1.165, 1.54) is 6.08 Å². The minimum Gasteiger partial charge on any atom is -0.493 e. The molecule has 156 valence electrons. The second-order valence-electron chi connectivity index (χ2n) is 7.15. The highest BCUT2D eigenvalue weighted by molar-refractivity contribution is 5.91. The van der Waals surface area contributed by atoms with Crippen molar-refractivity contribution in [3.8, 4) is 11.5 Å². The third-order valence-corrected chi connectivity index (χ3v) is 5.25. The highest BCUT2D eigenvalue weighted by Gasteiger charge is 2.28. The van der Waals surface area contributed by atoms with Crippen molar-refractivity contribution in [3.63, 3.8) is 0 Å². The lowest BCUT2D eigenvalue weighted by Gasteiger charge is -2.22. The second-order valence-corrected chi connectivity index (χ2v) is 7.15. The number of benzene rings is 2. The molecular formula is C23H25N3O4. The molecule has 2 heterocycles. The number of amides is 1. The minimum absolute atomic E-state index is 0.144. The van der Waals surface area contributed by atoms with E-state index in [9.17, 15) is 4.79 Å². The first-order chi connectivity index (χ1) is 14.7. The van der Waals surface area contributed by atoms with Gasteiger partial charge in [0.05, 0.1) is 20.3 Å². The summed E-state index contributed by atoms with van der Waals surface area (Å²) >= 11 is 0. The van der Waals surface area contributed by atoms with Crippen molar-refractivity contribution in [1.29, 1.82) is 0 Å². The fourth-order valence-corrected chi connectivity index (χ4v) is 3.69. The standard InChI is InChI=1S/C23H25N3O4/c1-28-20-11-9-16(14-21(20)29-2)10-12-22(27)24-15-17-6-5-13-26(17)23-25-18-7-3-4-8-19(18)30-23/h3-4,7-12,14,17H,5-6,13,15H2,1-2H3,(H,24,27)/b12-10+. The summed E-state index contributed by atoms with van der Waals surface area (Å²) in [5, 5.41) is 2.99. The Morgan fingerprint density at radius 3 is 2.87 bits per heavy atom. The Morgan fingerprint density at radius 2 is 2.07 bits per heavy atom. The van der Waals surface area contributed by atoms with Gasteiger partial charge in [-0.05, 0) is 48.7 Å². The van der Waals surface area contributed by atoms with Crippen LogP contribution in [0.3, 0.4) is 0 Å². The zero-order chi connectivity index (χ0) is 20.9. The summed E-state index contributed by atoms with van der Waals surface area (Å²) in [5.41, 5.74) is 2.48. The van der Waals surface area contributed by atoms with Gasteiger partial charge in [0, 0.05) is 19.2 Å². The molecule has 0 saturated carbocycles. The van der Waals surface area contributed by atoms with Crippen LogP contribution in [0.4, 0.5) is 6.01 Å². The Labute approximate surface area is 175 Å². The number of aromatic nitrogens is 1. The van der Waals surface area contributed by atoms with Crippen molar-refractivity contribution in [2.24, 2.45) is 0 Å². The topological polar surface area (TPSA) is 76.8 Å². The third-order valence-electron chi connectivity index (χ3n) is 5.25. The highest BCUT2D eigenvalue weighted by atomic mass is 16.5. The quantitative estimate of drug-likeness (QED) is 0.603. The number of para-hydroxylation sites is 2. The van der Waals surface area contributed by atoms with E-state index in [-0.39, 0.29) is 11.9 Å². The Kier molecular flexibility index (Phi) is 5.88. The van der Waals surface area contributed by atoms with E-state index in [2.05, 4.69) is 15.2 Å². The van der Waals surface area contributed by atoms with E-state index >= 15 is 0 Å². The van der Waals surface area contributed by atoms with Crippen LogP contribution in [-0.4, -0.2) is 44.2 Å². The molecular weight excluding hydrogens is 382 g/mol. The lowest BCUT2D eigenvalue weighted by Crippen LogP contribution is -2.39. The summed E-state index contributed by atoms with van der Waals surface area (Å²) in [6.07, 6.45) is 5.31. The number of nitrogens with zero attached hydrogens (tertiary/aromatic N) is 2. The molecule has 0 spiro atoms. The SMILES string of the molecule is COc1ccc(/C=C/C(=O)NCC2CCCN2c2nc3ccccc3o2)cc1OC. The van der Waals surface area contributed by atoms with E-state index in [4.69, 9.17) is 13.9 Å². The highest BCUT2D eigenvalue weighted by Crippen LogP contribution is 2.29. The predicted molar refractivity (Wildman–Crippen MR) is 116 cm³/mol. The van der Waals surface area contributed by atoms with Gasteiger partial charge in [-0.15, -0.1) is 0 Å². The Balaban J connectivity index is 1.36. The van der Waals surface area contributed by atoms with E-state index in [1.807, 2.05) is 42.5 Å². The van der Waals surface area contributed by atoms with Gasteiger partial charge in [0.25, 0.3) is 6.01 Å². The summed E-state index contributed by atoms with van der Waals surface area (Å²) < 4.78 is 16.4. The van der Waals surface area contributed by atoms with E-state index in [0.29, 0.717) is 24.1 Å². The van der Waals surface area contributed by atoms with Gasteiger partial charge in [0.15, 0.2) is 17.1 Å². The van der Waals surface area contributed by atoms with Crippen molar-refractivity contribution in [2.75, 3.05) is 32.2 Å². The molecule has 1 atom stereocenters. The molecule has 3 aromatic rings. The summed E-state index contributed by atoms with van der Waals surface area (Å²) in [5.74, 6) is 1.13. The lowest BCUT2D eigenvalue weighted by molar-refractivity contribution is -0.116. The average molecular weight is 407 g/mol. The number of anilines is 1. The summed E-state index contributed by atoms with van der Waals surface area (Å²) in [6.45, 7) is 1.41. The number of nitrogens with one attached hydrogen (secondary N) is 1.